The smallest absolute Gasteiger partial charge is 0.240 e. The number of hydrogen-bond donors (Lipinski definition) is 2. The van der Waals surface area contributed by atoms with Gasteiger partial charge < -0.3 is 5.32 Å². The number of benzene rings is 2. The van der Waals surface area contributed by atoms with Crippen molar-refractivity contribution in [2.24, 2.45) is 0 Å². The molecule has 0 aromatic heterocycles. The van der Waals surface area contributed by atoms with Gasteiger partial charge in [-0.15, -0.1) is 0 Å². The van der Waals surface area contributed by atoms with E-state index in [9.17, 15) is 22.0 Å². The highest BCUT2D eigenvalue weighted by molar-refractivity contribution is 7.89. The van der Waals surface area contributed by atoms with Crippen LogP contribution in [0.1, 0.15) is 12.0 Å². The quantitative estimate of drug-likeness (QED) is 0.748. The summed E-state index contributed by atoms with van der Waals surface area (Å²) in [7, 11) is -3.77. The molecule has 2 aromatic carbocycles. The van der Waals surface area contributed by atoms with Crippen LogP contribution in [0.15, 0.2) is 53.4 Å². The maximum Gasteiger partial charge on any atom is 0.240 e. The zero-order valence-corrected chi connectivity index (χ0v) is 14.2. The van der Waals surface area contributed by atoms with Gasteiger partial charge >= 0.3 is 0 Å². The molecule has 0 spiro atoms. The summed E-state index contributed by atoms with van der Waals surface area (Å²) in [5.41, 5.74) is 0.888. The zero-order chi connectivity index (χ0) is 18.3. The first-order valence-electron chi connectivity index (χ1n) is 7.63. The lowest BCUT2D eigenvalue weighted by molar-refractivity contribution is -0.120. The van der Waals surface area contributed by atoms with E-state index in [4.69, 9.17) is 0 Å². The second kappa shape index (κ2) is 8.68. The Balaban J connectivity index is 1.71. The van der Waals surface area contributed by atoms with Gasteiger partial charge in [0, 0.05) is 19.5 Å². The highest BCUT2D eigenvalue weighted by Gasteiger charge is 2.14. The molecule has 2 aromatic rings. The van der Waals surface area contributed by atoms with Gasteiger partial charge in [-0.05, 0) is 48.4 Å². The number of rotatable bonds is 8. The number of hydrogen-bond acceptors (Lipinski definition) is 3. The average Bonchev–Trinajstić information content (AvgIpc) is 2.57. The van der Waals surface area contributed by atoms with Crippen molar-refractivity contribution in [3.05, 3.63) is 65.7 Å². The van der Waals surface area contributed by atoms with E-state index in [0.29, 0.717) is 13.0 Å². The van der Waals surface area contributed by atoms with Crippen LogP contribution >= 0.6 is 0 Å². The molecule has 25 heavy (non-hydrogen) atoms. The lowest BCUT2D eigenvalue weighted by Gasteiger charge is -2.08. The molecule has 0 aliphatic carbocycles. The summed E-state index contributed by atoms with van der Waals surface area (Å²) >= 11 is 0. The predicted octanol–water partition coefficient (Wildman–Crippen LogP) is 1.99. The molecule has 0 unspecified atom stereocenters. The molecule has 2 N–H and O–H groups in total. The van der Waals surface area contributed by atoms with Crippen molar-refractivity contribution in [2.45, 2.75) is 17.7 Å². The largest absolute Gasteiger partial charge is 0.356 e. The Kier molecular flexibility index (Phi) is 6.60. The molecule has 0 saturated carbocycles. The Morgan fingerprint density at radius 1 is 0.880 bits per heavy atom. The third-order valence-electron chi connectivity index (χ3n) is 3.42. The number of halogens is 2. The van der Waals surface area contributed by atoms with Gasteiger partial charge in [-0.3, -0.25) is 4.79 Å². The lowest BCUT2D eigenvalue weighted by Crippen LogP contribution is -2.31. The molecule has 0 fully saturated rings. The minimum absolute atomic E-state index is 0.0240. The Hall–Kier alpha value is -2.32. The summed E-state index contributed by atoms with van der Waals surface area (Å²) < 4.78 is 51.8. The Bertz CT molecular complexity index is 807. The molecule has 2 rings (SSSR count). The van der Waals surface area contributed by atoms with Gasteiger partial charge in [0.1, 0.15) is 11.6 Å². The molecule has 1 amide bonds. The van der Waals surface area contributed by atoms with Gasteiger partial charge in [0.15, 0.2) is 0 Å². The van der Waals surface area contributed by atoms with Crippen molar-refractivity contribution in [3.63, 3.8) is 0 Å². The van der Waals surface area contributed by atoms with Crippen molar-refractivity contribution < 1.29 is 22.0 Å². The first kappa shape index (κ1) is 19.0. The van der Waals surface area contributed by atoms with Gasteiger partial charge in [-0.1, -0.05) is 12.1 Å². The van der Waals surface area contributed by atoms with E-state index in [1.165, 1.54) is 12.1 Å². The number of nitrogens with one attached hydrogen (secondary N) is 2. The third-order valence-corrected chi connectivity index (χ3v) is 4.89. The summed E-state index contributed by atoms with van der Waals surface area (Å²) in [6, 6.07) is 10.4. The maximum absolute atomic E-state index is 12.8. The van der Waals surface area contributed by atoms with Gasteiger partial charge in [-0.2, -0.15) is 0 Å². The SMILES string of the molecule is O=C(CCNS(=O)(=O)c1ccc(F)cc1)NCCc1ccc(F)cc1. The van der Waals surface area contributed by atoms with Crippen molar-refractivity contribution in [2.75, 3.05) is 13.1 Å². The van der Waals surface area contributed by atoms with Crippen LogP contribution in [0.5, 0.6) is 0 Å². The summed E-state index contributed by atoms with van der Waals surface area (Å²) in [5.74, 6) is -1.15. The van der Waals surface area contributed by atoms with Crippen LogP contribution in [0.2, 0.25) is 0 Å². The molecule has 134 valence electrons. The Morgan fingerprint density at radius 3 is 2.04 bits per heavy atom. The van der Waals surface area contributed by atoms with Gasteiger partial charge in [0.25, 0.3) is 0 Å². The summed E-state index contributed by atoms with van der Waals surface area (Å²) in [6.07, 6.45) is 0.525. The van der Waals surface area contributed by atoms with Crippen LogP contribution in [0.4, 0.5) is 8.78 Å². The van der Waals surface area contributed by atoms with E-state index in [-0.39, 0.29) is 29.6 Å². The maximum atomic E-state index is 12.8. The first-order chi connectivity index (χ1) is 11.9. The number of carbonyl (C=O) groups excluding carboxylic acids is 1. The third kappa shape index (κ3) is 6.24. The molecule has 0 atom stereocenters. The van der Waals surface area contributed by atoms with E-state index in [0.717, 1.165) is 29.8 Å². The molecule has 5 nitrogen and oxygen atoms in total. The summed E-state index contributed by atoms with van der Waals surface area (Å²) in [5, 5.41) is 2.66. The van der Waals surface area contributed by atoms with Crippen molar-refractivity contribution in [1.82, 2.24) is 10.0 Å². The van der Waals surface area contributed by atoms with Crippen molar-refractivity contribution >= 4 is 15.9 Å². The molecular weight excluding hydrogens is 350 g/mol. The monoisotopic (exact) mass is 368 g/mol. The van der Waals surface area contributed by atoms with Crippen LogP contribution in [0, 0.1) is 11.6 Å². The van der Waals surface area contributed by atoms with Crippen molar-refractivity contribution in [3.8, 4) is 0 Å². The van der Waals surface area contributed by atoms with E-state index < -0.39 is 15.8 Å². The molecular formula is C17H18F2N2O3S. The second-order valence-corrected chi connectivity index (χ2v) is 7.10. The topological polar surface area (TPSA) is 75.3 Å². The number of carbonyl (C=O) groups is 1. The molecule has 8 heteroatoms. The Morgan fingerprint density at radius 2 is 1.44 bits per heavy atom. The van der Waals surface area contributed by atoms with E-state index >= 15 is 0 Å². The lowest BCUT2D eigenvalue weighted by atomic mass is 10.1. The highest BCUT2D eigenvalue weighted by atomic mass is 32.2. The fraction of sp³-hybridized carbons (Fsp3) is 0.235. The molecule has 0 bridgehead atoms. The standard InChI is InChI=1S/C17H18F2N2O3S/c18-14-3-1-13(2-4-14)9-11-20-17(22)10-12-21-25(23,24)16-7-5-15(19)6-8-16/h1-8,21H,9-12H2,(H,20,22). The minimum atomic E-state index is -3.77. The fourth-order valence-corrected chi connectivity index (χ4v) is 3.11. The van der Waals surface area contributed by atoms with Crippen molar-refractivity contribution in [1.29, 1.82) is 0 Å². The average molecular weight is 368 g/mol. The van der Waals surface area contributed by atoms with Crippen LogP contribution in [0.25, 0.3) is 0 Å². The van der Waals surface area contributed by atoms with Gasteiger partial charge in [-0.25, -0.2) is 21.9 Å². The summed E-state index contributed by atoms with van der Waals surface area (Å²) in [4.78, 5) is 11.6. The fourth-order valence-electron chi connectivity index (χ4n) is 2.08. The first-order valence-corrected chi connectivity index (χ1v) is 9.11. The van der Waals surface area contributed by atoms with Gasteiger partial charge in [0.2, 0.25) is 15.9 Å². The molecule has 0 radical (unpaired) electrons. The highest BCUT2D eigenvalue weighted by Crippen LogP contribution is 2.09. The Labute approximate surface area is 145 Å². The number of amides is 1. The van der Waals surface area contributed by atoms with Gasteiger partial charge in [0.05, 0.1) is 4.90 Å². The minimum Gasteiger partial charge on any atom is -0.356 e. The van der Waals surface area contributed by atoms with Crippen LogP contribution in [-0.2, 0) is 21.2 Å². The zero-order valence-electron chi connectivity index (χ0n) is 13.3. The molecule has 0 aliphatic rings. The van der Waals surface area contributed by atoms with Crippen LogP contribution in [0.3, 0.4) is 0 Å². The van der Waals surface area contributed by atoms with Crippen LogP contribution in [-0.4, -0.2) is 27.4 Å². The molecule has 0 saturated heterocycles. The van der Waals surface area contributed by atoms with E-state index in [2.05, 4.69) is 10.0 Å². The molecule has 0 heterocycles. The van der Waals surface area contributed by atoms with E-state index in [1.54, 1.807) is 12.1 Å². The predicted molar refractivity (Wildman–Crippen MR) is 89.3 cm³/mol. The van der Waals surface area contributed by atoms with E-state index in [1.807, 2.05) is 0 Å². The second-order valence-electron chi connectivity index (χ2n) is 5.33. The summed E-state index contributed by atoms with van der Waals surface area (Å²) in [6.45, 7) is 0.303. The molecule has 0 aliphatic heterocycles. The number of sulfonamides is 1. The normalized spacial score (nSPS) is 11.3. The van der Waals surface area contributed by atoms with Crippen LogP contribution < -0.4 is 10.0 Å².